The molecule has 0 radical (unpaired) electrons. The van der Waals surface area contributed by atoms with Crippen LogP contribution in [-0.2, 0) is 25.4 Å². The van der Waals surface area contributed by atoms with Gasteiger partial charge in [0.05, 0.1) is 11.5 Å². The average Bonchev–Trinajstić information content (AvgIpc) is 3.24. The number of rotatable bonds is 12. The SMILES string of the molecule is C=S(C)(=O)c1ccc(Oc2cc(OC(N)CC)cc(C(=O)Nc3ncc(COCP(=O)(O)O)s3)c2)cc1. The van der Waals surface area contributed by atoms with Gasteiger partial charge >= 0.3 is 7.60 Å². The zero-order valence-corrected chi connectivity index (χ0v) is 22.7. The predicted molar refractivity (Wildman–Crippen MR) is 143 cm³/mol. The fourth-order valence-corrected chi connectivity index (χ4v) is 4.67. The third kappa shape index (κ3) is 9.24. The molecule has 0 aliphatic rings. The number of carbonyl (C=O) groups excluding carboxylic acids is 1. The standard InChI is InChI=1S/C23H28N3O8PS2/c1-4-21(24)34-18-10-15(9-17(11-18)33-16-5-7-20(8-6-16)37(2,3)31)22(27)26-23-25-12-19(36-23)13-32-14-35(28,29)30/h5-12,21H,2,4,13-14,24H2,1,3H3,(H,25,26,27)(H2,28,29,30). The van der Waals surface area contributed by atoms with Crippen molar-refractivity contribution >= 4 is 45.4 Å². The van der Waals surface area contributed by atoms with Gasteiger partial charge in [-0.2, -0.15) is 0 Å². The number of nitrogens with zero attached hydrogens (tertiary/aromatic N) is 1. The summed E-state index contributed by atoms with van der Waals surface area (Å²) in [5, 5.41) is 2.94. The van der Waals surface area contributed by atoms with Crippen molar-refractivity contribution in [1.29, 1.82) is 0 Å². The van der Waals surface area contributed by atoms with Gasteiger partial charge < -0.3 is 24.0 Å². The van der Waals surface area contributed by atoms with Gasteiger partial charge in [-0.3, -0.25) is 24.6 Å². The molecule has 200 valence electrons. The van der Waals surface area contributed by atoms with Crippen LogP contribution in [0.2, 0.25) is 0 Å². The highest BCUT2D eigenvalue weighted by Gasteiger charge is 2.16. The minimum absolute atomic E-state index is 0.0608. The zero-order chi connectivity index (χ0) is 27.2. The number of thiazole rings is 1. The molecule has 0 aliphatic heterocycles. The highest BCUT2D eigenvalue weighted by atomic mass is 32.2. The van der Waals surface area contributed by atoms with Crippen LogP contribution in [0.4, 0.5) is 5.13 Å². The first-order valence-corrected chi connectivity index (χ1v) is 15.6. The van der Waals surface area contributed by atoms with Crippen molar-refractivity contribution in [2.24, 2.45) is 5.73 Å². The van der Waals surface area contributed by atoms with Gasteiger partial charge in [-0.25, -0.2) is 4.98 Å². The Labute approximate surface area is 218 Å². The number of ether oxygens (including phenoxy) is 3. The van der Waals surface area contributed by atoms with E-state index in [0.29, 0.717) is 33.4 Å². The summed E-state index contributed by atoms with van der Waals surface area (Å²) in [6.07, 6.45) is 2.23. The van der Waals surface area contributed by atoms with Crippen molar-refractivity contribution in [1.82, 2.24) is 4.98 Å². The molecule has 0 bridgehead atoms. The monoisotopic (exact) mass is 569 g/mol. The van der Waals surface area contributed by atoms with Crippen LogP contribution in [0.5, 0.6) is 17.2 Å². The van der Waals surface area contributed by atoms with E-state index in [1.165, 1.54) is 18.3 Å². The number of nitrogens with two attached hydrogens (primary N) is 1. The summed E-state index contributed by atoms with van der Waals surface area (Å²) in [5.41, 5.74) is 6.14. The molecule has 1 heterocycles. The smallest absolute Gasteiger partial charge is 0.350 e. The predicted octanol–water partition coefficient (Wildman–Crippen LogP) is 3.62. The first-order valence-electron chi connectivity index (χ1n) is 10.9. The van der Waals surface area contributed by atoms with Gasteiger partial charge in [0.1, 0.15) is 29.8 Å². The van der Waals surface area contributed by atoms with Gasteiger partial charge in [-0.15, -0.1) is 0 Å². The molecule has 0 saturated heterocycles. The fourth-order valence-electron chi connectivity index (χ4n) is 2.89. The lowest BCUT2D eigenvalue weighted by molar-refractivity contribution is 0.102. The van der Waals surface area contributed by atoms with Gasteiger partial charge in [0.15, 0.2) is 5.13 Å². The maximum Gasteiger partial charge on any atom is 0.350 e. The number of hydrogen-bond acceptors (Lipinski definition) is 9. The molecule has 1 aromatic heterocycles. The number of aromatic nitrogens is 1. The Kier molecular flexibility index (Phi) is 9.48. The lowest BCUT2D eigenvalue weighted by Gasteiger charge is -2.15. The van der Waals surface area contributed by atoms with E-state index in [1.807, 2.05) is 6.92 Å². The molecule has 2 unspecified atom stereocenters. The van der Waals surface area contributed by atoms with E-state index in [0.717, 1.165) is 11.3 Å². The van der Waals surface area contributed by atoms with Crippen LogP contribution in [0.15, 0.2) is 53.6 Å². The number of hydrogen-bond donors (Lipinski definition) is 4. The maximum absolute atomic E-state index is 13.0. The topological polar surface area (TPSA) is 170 Å². The summed E-state index contributed by atoms with van der Waals surface area (Å²) < 4.78 is 39.6. The van der Waals surface area contributed by atoms with Crippen LogP contribution in [0, 0.1) is 0 Å². The van der Waals surface area contributed by atoms with Gasteiger partial charge in [-0.1, -0.05) is 18.3 Å². The number of nitrogens with one attached hydrogen (secondary N) is 1. The minimum Gasteiger partial charge on any atom is -0.475 e. The highest BCUT2D eigenvalue weighted by molar-refractivity contribution is 7.99. The molecular weight excluding hydrogens is 541 g/mol. The van der Waals surface area contributed by atoms with E-state index in [2.05, 4.69) is 16.2 Å². The van der Waals surface area contributed by atoms with Crippen molar-refractivity contribution in [3.63, 3.8) is 0 Å². The third-order valence-corrected chi connectivity index (χ3v) is 7.34. The van der Waals surface area contributed by atoms with Crippen LogP contribution in [0.1, 0.15) is 28.6 Å². The molecule has 3 rings (SSSR count). The second-order valence-electron chi connectivity index (χ2n) is 8.06. The van der Waals surface area contributed by atoms with Crippen molar-refractivity contribution in [3.05, 3.63) is 59.1 Å². The Morgan fingerprint density at radius 3 is 2.51 bits per heavy atom. The summed E-state index contributed by atoms with van der Waals surface area (Å²) in [6, 6.07) is 11.3. The second-order valence-corrected chi connectivity index (χ2v) is 13.2. The molecule has 0 spiro atoms. The Morgan fingerprint density at radius 1 is 1.22 bits per heavy atom. The molecule has 5 N–H and O–H groups in total. The lowest BCUT2D eigenvalue weighted by Crippen LogP contribution is -2.26. The second kappa shape index (κ2) is 12.2. The van der Waals surface area contributed by atoms with Crippen molar-refractivity contribution < 1.29 is 37.6 Å². The molecule has 2 atom stereocenters. The molecule has 14 heteroatoms. The van der Waals surface area contributed by atoms with Crippen LogP contribution in [0.25, 0.3) is 0 Å². The molecule has 0 saturated carbocycles. The number of benzene rings is 2. The van der Waals surface area contributed by atoms with Gasteiger partial charge in [0.25, 0.3) is 5.91 Å². The molecular formula is C23H28N3O8PS2. The summed E-state index contributed by atoms with van der Waals surface area (Å²) >= 11 is 1.10. The molecule has 37 heavy (non-hydrogen) atoms. The van der Waals surface area contributed by atoms with E-state index in [4.69, 9.17) is 29.7 Å². The van der Waals surface area contributed by atoms with Crippen LogP contribution in [-0.4, -0.2) is 49.6 Å². The summed E-state index contributed by atoms with van der Waals surface area (Å²) in [4.78, 5) is 36.0. The Hall–Kier alpha value is -2.77. The molecule has 1 amide bonds. The summed E-state index contributed by atoms with van der Waals surface area (Å²) in [5.74, 6) is 4.27. The number of carbonyl (C=O) groups is 1. The van der Waals surface area contributed by atoms with E-state index in [1.54, 1.807) is 36.6 Å². The van der Waals surface area contributed by atoms with E-state index in [-0.39, 0.29) is 17.3 Å². The van der Waals surface area contributed by atoms with Gasteiger partial charge in [-0.05, 0) is 58.2 Å². The fraction of sp³-hybridized carbons (Fsp3) is 0.261. The zero-order valence-electron chi connectivity index (χ0n) is 20.2. The van der Waals surface area contributed by atoms with Crippen LogP contribution < -0.4 is 20.5 Å². The molecule has 3 aromatic rings. The molecule has 2 aromatic carbocycles. The normalized spacial score (nSPS) is 14.0. The van der Waals surface area contributed by atoms with E-state index in [9.17, 15) is 13.6 Å². The average molecular weight is 570 g/mol. The van der Waals surface area contributed by atoms with E-state index >= 15 is 0 Å². The third-order valence-electron chi connectivity index (χ3n) is 4.67. The maximum atomic E-state index is 13.0. The molecule has 11 nitrogen and oxygen atoms in total. The molecule has 0 aliphatic carbocycles. The summed E-state index contributed by atoms with van der Waals surface area (Å²) in [6.45, 7) is 1.80. The molecule has 0 fully saturated rings. The van der Waals surface area contributed by atoms with Gasteiger partial charge in [0, 0.05) is 29.0 Å². The minimum atomic E-state index is -4.27. The van der Waals surface area contributed by atoms with Crippen molar-refractivity contribution in [2.75, 3.05) is 17.9 Å². The highest BCUT2D eigenvalue weighted by Crippen LogP contribution is 2.34. The van der Waals surface area contributed by atoms with Crippen LogP contribution >= 0.6 is 18.9 Å². The summed E-state index contributed by atoms with van der Waals surface area (Å²) in [7, 11) is -6.64. The van der Waals surface area contributed by atoms with Gasteiger partial charge in [0.2, 0.25) is 0 Å². The first kappa shape index (κ1) is 28.8. The van der Waals surface area contributed by atoms with Crippen molar-refractivity contribution in [2.45, 2.75) is 31.1 Å². The Bertz CT molecular complexity index is 1390. The van der Waals surface area contributed by atoms with E-state index < -0.39 is 35.6 Å². The Balaban J connectivity index is 1.77. The number of anilines is 1. The van der Waals surface area contributed by atoms with Crippen LogP contribution in [0.3, 0.4) is 0 Å². The largest absolute Gasteiger partial charge is 0.475 e. The number of amides is 1. The van der Waals surface area contributed by atoms with Crippen molar-refractivity contribution in [3.8, 4) is 17.2 Å². The lowest BCUT2D eigenvalue weighted by atomic mass is 10.2. The quantitative estimate of drug-likeness (QED) is 0.143. The first-order chi connectivity index (χ1) is 17.3. The Morgan fingerprint density at radius 2 is 1.89 bits per heavy atom.